The van der Waals surface area contributed by atoms with E-state index in [1.54, 1.807) is 12.1 Å². The summed E-state index contributed by atoms with van der Waals surface area (Å²) in [6.07, 6.45) is 1.06. The number of hydrogen-bond acceptors (Lipinski definition) is 4. The van der Waals surface area contributed by atoms with Crippen LogP contribution in [0.2, 0.25) is 0 Å². The van der Waals surface area contributed by atoms with Crippen molar-refractivity contribution in [1.82, 2.24) is 5.32 Å². The molecule has 0 saturated heterocycles. The van der Waals surface area contributed by atoms with Crippen molar-refractivity contribution < 1.29 is 13.2 Å². The van der Waals surface area contributed by atoms with Gasteiger partial charge in [0.05, 0.1) is 10.9 Å². The summed E-state index contributed by atoms with van der Waals surface area (Å²) in [5.41, 5.74) is 7.82. The van der Waals surface area contributed by atoms with Gasteiger partial charge in [0.25, 0.3) is 0 Å². The molecule has 128 valence electrons. The van der Waals surface area contributed by atoms with Crippen LogP contribution in [0.15, 0.2) is 59.5 Å². The zero-order valence-electron chi connectivity index (χ0n) is 13.2. The summed E-state index contributed by atoms with van der Waals surface area (Å²) in [6.45, 7) is 0.427. The Morgan fingerprint density at radius 3 is 2.21 bits per heavy atom. The monoisotopic (exact) mass is 347 g/mol. The van der Waals surface area contributed by atoms with Crippen LogP contribution < -0.4 is 16.2 Å². The summed E-state index contributed by atoms with van der Waals surface area (Å²) >= 11 is 0. The van der Waals surface area contributed by atoms with Crippen molar-refractivity contribution in [2.75, 3.05) is 6.54 Å². The molecule has 6 nitrogen and oxygen atoms in total. The number of carbonyl (C=O) groups excluding carboxylic acids is 1. The molecule has 2 aromatic carbocycles. The van der Waals surface area contributed by atoms with Crippen LogP contribution in [0.25, 0.3) is 0 Å². The molecule has 0 radical (unpaired) electrons. The van der Waals surface area contributed by atoms with Crippen LogP contribution in [0.5, 0.6) is 0 Å². The molecule has 0 saturated carbocycles. The number of nitrogens with two attached hydrogens (primary N) is 2. The molecule has 0 heterocycles. The Kier molecular flexibility index (Phi) is 6.08. The molecule has 0 aromatic heterocycles. The van der Waals surface area contributed by atoms with E-state index >= 15 is 0 Å². The van der Waals surface area contributed by atoms with E-state index in [4.69, 9.17) is 10.9 Å². The Balaban J connectivity index is 1.80. The fourth-order valence-corrected chi connectivity index (χ4v) is 2.78. The molecule has 0 aliphatic heterocycles. The Morgan fingerprint density at radius 1 is 1.00 bits per heavy atom. The maximum Gasteiger partial charge on any atom is 0.238 e. The van der Waals surface area contributed by atoms with Crippen molar-refractivity contribution in [3.63, 3.8) is 0 Å². The first-order valence-electron chi connectivity index (χ1n) is 7.55. The summed E-state index contributed by atoms with van der Waals surface area (Å²) in [5.74, 6) is -0.208. The van der Waals surface area contributed by atoms with Gasteiger partial charge < -0.3 is 11.1 Å². The average Bonchev–Trinajstić information content (AvgIpc) is 2.55. The molecule has 0 bridgehead atoms. The van der Waals surface area contributed by atoms with E-state index in [0.717, 1.165) is 11.1 Å². The molecule has 0 aliphatic carbocycles. The van der Waals surface area contributed by atoms with Crippen molar-refractivity contribution in [1.29, 1.82) is 0 Å². The van der Waals surface area contributed by atoms with E-state index in [0.29, 0.717) is 19.4 Å². The molecular weight excluding hydrogens is 326 g/mol. The quantitative estimate of drug-likeness (QED) is 0.679. The zero-order valence-corrected chi connectivity index (χ0v) is 14.0. The van der Waals surface area contributed by atoms with Crippen molar-refractivity contribution in [2.45, 2.75) is 23.8 Å². The van der Waals surface area contributed by atoms with Gasteiger partial charge in [0.15, 0.2) is 0 Å². The maximum absolute atomic E-state index is 12.0. The number of primary sulfonamides is 1. The molecule has 1 amide bonds. The molecular formula is C17H21N3O3S. The van der Waals surface area contributed by atoms with E-state index in [1.165, 1.54) is 12.1 Å². The number of rotatable bonds is 7. The molecule has 1 unspecified atom stereocenters. The van der Waals surface area contributed by atoms with Gasteiger partial charge in [0.2, 0.25) is 15.9 Å². The lowest BCUT2D eigenvalue weighted by atomic mass is 10.1. The lowest BCUT2D eigenvalue weighted by Crippen LogP contribution is -2.42. The maximum atomic E-state index is 12.0. The minimum absolute atomic E-state index is 0.0696. The van der Waals surface area contributed by atoms with Crippen LogP contribution in [0.4, 0.5) is 0 Å². The number of nitrogens with one attached hydrogen (secondary N) is 1. The van der Waals surface area contributed by atoms with Crippen LogP contribution >= 0.6 is 0 Å². The number of hydrogen-bond donors (Lipinski definition) is 3. The topological polar surface area (TPSA) is 115 Å². The minimum atomic E-state index is -3.68. The van der Waals surface area contributed by atoms with Gasteiger partial charge in [0, 0.05) is 6.54 Å². The van der Waals surface area contributed by atoms with Gasteiger partial charge in [0.1, 0.15) is 0 Å². The third-order valence-corrected chi connectivity index (χ3v) is 4.53. The summed E-state index contributed by atoms with van der Waals surface area (Å²) in [5, 5.41) is 7.83. The van der Waals surface area contributed by atoms with E-state index in [-0.39, 0.29) is 10.8 Å². The molecule has 7 heteroatoms. The van der Waals surface area contributed by atoms with Crippen molar-refractivity contribution in [3.8, 4) is 0 Å². The summed E-state index contributed by atoms with van der Waals surface area (Å²) in [7, 11) is -3.68. The van der Waals surface area contributed by atoms with Gasteiger partial charge >= 0.3 is 0 Å². The second kappa shape index (κ2) is 8.05. The third-order valence-electron chi connectivity index (χ3n) is 3.60. The van der Waals surface area contributed by atoms with Gasteiger partial charge in [-0.15, -0.1) is 0 Å². The fourth-order valence-electron chi connectivity index (χ4n) is 2.27. The number of sulfonamides is 1. The molecule has 2 aromatic rings. The largest absolute Gasteiger partial charge is 0.354 e. The fraction of sp³-hybridized carbons (Fsp3) is 0.235. The molecule has 24 heavy (non-hydrogen) atoms. The third kappa shape index (κ3) is 5.45. The standard InChI is InChI=1S/C17H21N3O3S/c18-16(12-14-4-2-1-3-5-14)17(21)20-11-10-13-6-8-15(9-7-13)24(19,22)23/h1-9,16H,10-12,18H2,(H,20,21)(H2,19,22,23). The highest BCUT2D eigenvalue weighted by molar-refractivity contribution is 7.89. The van der Waals surface area contributed by atoms with Gasteiger partial charge in [-0.1, -0.05) is 42.5 Å². The van der Waals surface area contributed by atoms with E-state index in [9.17, 15) is 13.2 Å². The van der Waals surface area contributed by atoms with Gasteiger partial charge in [-0.3, -0.25) is 4.79 Å². The lowest BCUT2D eigenvalue weighted by Gasteiger charge is -2.12. The Morgan fingerprint density at radius 2 is 1.62 bits per heavy atom. The first-order valence-corrected chi connectivity index (χ1v) is 9.10. The normalized spacial score (nSPS) is 12.6. The second-order valence-corrected chi connectivity index (χ2v) is 7.09. The van der Waals surface area contributed by atoms with Crippen molar-refractivity contribution >= 4 is 15.9 Å². The molecule has 2 rings (SSSR count). The van der Waals surface area contributed by atoms with Crippen LogP contribution in [-0.4, -0.2) is 26.9 Å². The van der Waals surface area contributed by atoms with E-state index in [2.05, 4.69) is 5.32 Å². The van der Waals surface area contributed by atoms with E-state index < -0.39 is 16.1 Å². The lowest BCUT2D eigenvalue weighted by molar-refractivity contribution is -0.122. The Hall–Kier alpha value is -2.22. The highest BCUT2D eigenvalue weighted by Crippen LogP contribution is 2.09. The molecule has 0 spiro atoms. The van der Waals surface area contributed by atoms with Gasteiger partial charge in [-0.05, 0) is 36.1 Å². The first-order chi connectivity index (χ1) is 11.4. The van der Waals surface area contributed by atoms with Crippen LogP contribution in [-0.2, 0) is 27.7 Å². The average molecular weight is 347 g/mol. The Bertz CT molecular complexity index is 774. The molecule has 0 aliphatic rings. The van der Waals surface area contributed by atoms with Crippen molar-refractivity contribution in [3.05, 3.63) is 65.7 Å². The summed E-state index contributed by atoms with van der Waals surface area (Å²) in [4.78, 5) is 12.1. The van der Waals surface area contributed by atoms with Crippen molar-refractivity contribution in [2.24, 2.45) is 10.9 Å². The van der Waals surface area contributed by atoms with Crippen LogP contribution in [0, 0.1) is 0 Å². The molecule has 5 N–H and O–H groups in total. The number of carbonyl (C=O) groups is 1. The van der Waals surface area contributed by atoms with Crippen LogP contribution in [0.1, 0.15) is 11.1 Å². The Labute approximate surface area is 141 Å². The highest BCUT2D eigenvalue weighted by Gasteiger charge is 2.13. The van der Waals surface area contributed by atoms with Gasteiger partial charge in [-0.25, -0.2) is 13.6 Å². The highest BCUT2D eigenvalue weighted by atomic mass is 32.2. The summed E-state index contributed by atoms with van der Waals surface area (Å²) in [6, 6.07) is 15.2. The predicted molar refractivity (Wildman–Crippen MR) is 92.7 cm³/mol. The summed E-state index contributed by atoms with van der Waals surface area (Å²) < 4.78 is 22.4. The first kappa shape index (κ1) is 18.1. The SMILES string of the molecule is NC(Cc1ccccc1)C(=O)NCCc1ccc(S(N)(=O)=O)cc1. The molecule has 0 fully saturated rings. The number of amides is 1. The second-order valence-electron chi connectivity index (χ2n) is 5.53. The van der Waals surface area contributed by atoms with Gasteiger partial charge in [-0.2, -0.15) is 0 Å². The van der Waals surface area contributed by atoms with Crippen LogP contribution in [0.3, 0.4) is 0 Å². The smallest absolute Gasteiger partial charge is 0.238 e. The zero-order chi connectivity index (χ0) is 17.6. The molecule has 1 atom stereocenters. The minimum Gasteiger partial charge on any atom is -0.354 e. The predicted octanol–water partition coefficient (Wildman–Crippen LogP) is 0.563. The van der Waals surface area contributed by atoms with E-state index in [1.807, 2.05) is 30.3 Å². The number of benzene rings is 2.